The van der Waals surface area contributed by atoms with E-state index < -0.39 is 11.9 Å². The minimum atomic E-state index is -4.40. The zero-order valence-electron chi connectivity index (χ0n) is 15.5. The summed E-state index contributed by atoms with van der Waals surface area (Å²) in [5, 5.41) is 7.80. The Morgan fingerprint density at radius 1 is 1.41 bits per heavy atom. The van der Waals surface area contributed by atoms with Gasteiger partial charge in [0.25, 0.3) is 0 Å². The summed E-state index contributed by atoms with van der Waals surface area (Å²) >= 11 is 0.991. The number of guanidine groups is 1. The van der Waals surface area contributed by atoms with E-state index in [9.17, 15) is 13.2 Å². The molecule has 1 aliphatic heterocycles. The molecule has 2 heterocycles. The highest BCUT2D eigenvalue weighted by molar-refractivity contribution is 14.0. The molecule has 27 heavy (non-hydrogen) atoms. The lowest BCUT2D eigenvalue weighted by molar-refractivity contribution is -0.140. The number of aliphatic imine (C=N–C) groups is 1. The molecule has 2 rings (SSSR count). The van der Waals surface area contributed by atoms with Crippen molar-refractivity contribution in [3.8, 4) is 0 Å². The number of nitrogens with one attached hydrogen (secondary N) is 2. The number of piperidine rings is 1. The maximum atomic E-state index is 12.6. The van der Waals surface area contributed by atoms with Gasteiger partial charge in [-0.15, -0.1) is 35.3 Å². The number of ether oxygens (including phenoxy) is 1. The van der Waals surface area contributed by atoms with Crippen molar-refractivity contribution in [3.05, 3.63) is 16.1 Å². The molecule has 156 valence electrons. The van der Waals surface area contributed by atoms with Gasteiger partial charge in [0.1, 0.15) is 5.01 Å². The fourth-order valence-electron chi connectivity index (χ4n) is 2.80. The number of alkyl halides is 3. The summed E-state index contributed by atoms with van der Waals surface area (Å²) in [6, 6.07) is 0.307. The van der Waals surface area contributed by atoms with E-state index in [2.05, 4.69) is 25.5 Å². The van der Waals surface area contributed by atoms with E-state index in [4.69, 9.17) is 4.74 Å². The van der Waals surface area contributed by atoms with E-state index in [0.29, 0.717) is 17.0 Å². The lowest BCUT2D eigenvalue weighted by Crippen LogP contribution is -2.48. The molecule has 1 aromatic heterocycles. The number of aromatic nitrogens is 1. The van der Waals surface area contributed by atoms with E-state index in [0.717, 1.165) is 62.2 Å². The first-order chi connectivity index (χ1) is 12.4. The molecule has 0 atom stereocenters. The number of halogens is 4. The second-order valence-electron chi connectivity index (χ2n) is 6.16. The van der Waals surface area contributed by atoms with Crippen molar-refractivity contribution in [3.63, 3.8) is 0 Å². The third-order valence-electron chi connectivity index (χ3n) is 4.22. The Hall–Kier alpha value is -0.660. The van der Waals surface area contributed by atoms with E-state index >= 15 is 0 Å². The van der Waals surface area contributed by atoms with Crippen LogP contribution in [-0.4, -0.2) is 62.3 Å². The maximum absolute atomic E-state index is 12.6. The Bertz CT molecular complexity index is 577. The molecule has 0 amide bonds. The normalized spacial score (nSPS) is 16.9. The highest BCUT2D eigenvalue weighted by Crippen LogP contribution is 2.29. The molecule has 0 aromatic carbocycles. The standard InChI is InChI=1S/C16H26F3N5OS.HI/c1-20-15(21-10-14-23-13(11-26-14)16(17,18)19)22-12-4-7-24(8-5-12)6-3-9-25-2;/h11-12H,3-10H2,1-2H3,(H2,20,21,22);1H. The van der Waals surface area contributed by atoms with Crippen molar-refractivity contribution in [2.24, 2.45) is 4.99 Å². The van der Waals surface area contributed by atoms with Gasteiger partial charge in [0.2, 0.25) is 0 Å². The van der Waals surface area contributed by atoms with E-state index in [1.165, 1.54) is 0 Å². The van der Waals surface area contributed by atoms with Gasteiger partial charge in [-0.2, -0.15) is 13.2 Å². The van der Waals surface area contributed by atoms with Gasteiger partial charge in [0.15, 0.2) is 11.7 Å². The number of nitrogens with zero attached hydrogens (tertiary/aromatic N) is 3. The van der Waals surface area contributed by atoms with Crippen LogP contribution < -0.4 is 10.6 Å². The molecule has 0 radical (unpaired) electrons. The average Bonchev–Trinajstić information content (AvgIpc) is 3.09. The maximum Gasteiger partial charge on any atom is 0.434 e. The van der Waals surface area contributed by atoms with Crippen LogP contribution in [0.2, 0.25) is 0 Å². The van der Waals surface area contributed by atoms with Crippen LogP contribution in [0.15, 0.2) is 10.4 Å². The van der Waals surface area contributed by atoms with Gasteiger partial charge in [-0.1, -0.05) is 0 Å². The fraction of sp³-hybridized carbons (Fsp3) is 0.750. The highest BCUT2D eigenvalue weighted by Gasteiger charge is 2.33. The van der Waals surface area contributed by atoms with Crippen molar-refractivity contribution in [2.75, 3.05) is 40.4 Å². The van der Waals surface area contributed by atoms with Crippen LogP contribution in [0.1, 0.15) is 30.0 Å². The number of likely N-dealkylation sites (tertiary alicyclic amines) is 1. The van der Waals surface area contributed by atoms with Crippen LogP contribution >= 0.6 is 35.3 Å². The fourth-order valence-corrected chi connectivity index (χ4v) is 3.54. The smallest absolute Gasteiger partial charge is 0.385 e. The van der Waals surface area contributed by atoms with Crippen LogP contribution in [0.4, 0.5) is 13.2 Å². The van der Waals surface area contributed by atoms with Crippen molar-refractivity contribution in [1.29, 1.82) is 0 Å². The third kappa shape index (κ3) is 8.48. The number of thiazole rings is 1. The Morgan fingerprint density at radius 3 is 2.67 bits per heavy atom. The summed E-state index contributed by atoms with van der Waals surface area (Å²) in [6.07, 6.45) is -1.36. The molecule has 0 bridgehead atoms. The predicted molar refractivity (Wildman–Crippen MR) is 112 cm³/mol. The molecule has 2 N–H and O–H groups in total. The van der Waals surface area contributed by atoms with Crippen molar-refractivity contribution in [2.45, 2.75) is 38.0 Å². The third-order valence-corrected chi connectivity index (χ3v) is 5.07. The van der Waals surface area contributed by atoms with Crippen LogP contribution in [0.5, 0.6) is 0 Å². The summed E-state index contributed by atoms with van der Waals surface area (Å²) in [5.74, 6) is 0.589. The lowest BCUT2D eigenvalue weighted by atomic mass is 10.1. The summed E-state index contributed by atoms with van der Waals surface area (Å²) < 4.78 is 42.8. The summed E-state index contributed by atoms with van der Waals surface area (Å²) in [6.45, 7) is 4.07. The minimum Gasteiger partial charge on any atom is -0.385 e. The zero-order valence-corrected chi connectivity index (χ0v) is 18.7. The van der Waals surface area contributed by atoms with Crippen LogP contribution in [-0.2, 0) is 17.5 Å². The largest absolute Gasteiger partial charge is 0.434 e. The molecule has 0 aliphatic carbocycles. The van der Waals surface area contributed by atoms with Gasteiger partial charge in [0.05, 0.1) is 6.54 Å². The average molecular weight is 521 g/mol. The first-order valence-corrected chi connectivity index (χ1v) is 9.50. The quantitative estimate of drug-likeness (QED) is 0.250. The first kappa shape index (κ1) is 24.4. The summed E-state index contributed by atoms with van der Waals surface area (Å²) in [5.41, 5.74) is -0.844. The molecule has 1 aromatic rings. The molecule has 0 spiro atoms. The summed E-state index contributed by atoms with van der Waals surface area (Å²) in [4.78, 5) is 10.2. The molecular weight excluding hydrogens is 494 g/mol. The van der Waals surface area contributed by atoms with Crippen LogP contribution in [0, 0.1) is 0 Å². The highest BCUT2D eigenvalue weighted by atomic mass is 127. The number of hydrogen-bond donors (Lipinski definition) is 2. The minimum absolute atomic E-state index is 0. The van der Waals surface area contributed by atoms with E-state index in [1.807, 2.05) is 0 Å². The van der Waals surface area contributed by atoms with Gasteiger partial charge in [-0.05, 0) is 19.3 Å². The van der Waals surface area contributed by atoms with E-state index in [1.54, 1.807) is 14.2 Å². The van der Waals surface area contributed by atoms with Gasteiger partial charge < -0.3 is 20.3 Å². The van der Waals surface area contributed by atoms with Gasteiger partial charge in [0, 0.05) is 51.8 Å². The monoisotopic (exact) mass is 521 g/mol. The molecule has 1 saturated heterocycles. The first-order valence-electron chi connectivity index (χ1n) is 8.62. The van der Waals surface area contributed by atoms with Gasteiger partial charge >= 0.3 is 6.18 Å². The summed E-state index contributed by atoms with van der Waals surface area (Å²) in [7, 11) is 3.36. The lowest BCUT2D eigenvalue weighted by Gasteiger charge is -2.33. The number of methoxy groups -OCH3 is 1. The Kier molecular flexibility index (Phi) is 10.9. The molecular formula is C16H27F3IN5OS. The van der Waals surface area contributed by atoms with E-state index in [-0.39, 0.29) is 30.5 Å². The Morgan fingerprint density at radius 2 is 2.11 bits per heavy atom. The predicted octanol–water partition coefficient (Wildman–Crippen LogP) is 2.95. The second-order valence-corrected chi connectivity index (χ2v) is 7.10. The van der Waals surface area contributed by atoms with Crippen molar-refractivity contribution >= 4 is 41.3 Å². The van der Waals surface area contributed by atoms with Crippen LogP contribution in [0.25, 0.3) is 0 Å². The second kappa shape index (κ2) is 12.0. The van der Waals surface area contributed by atoms with Crippen LogP contribution in [0.3, 0.4) is 0 Å². The number of hydrogen-bond acceptors (Lipinski definition) is 5. The molecule has 0 unspecified atom stereocenters. The van der Waals surface area contributed by atoms with Gasteiger partial charge in [-0.25, -0.2) is 4.98 Å². The topological polar surface area (TPSA) is 61.8 Å². The SMILES string of the molecule is CN=C(NCc1nc(C(F)(F)F)cs1)NC1CCN(CCCOC)CC1.I. The van der Waals surface area contributed by atoms with Gasteiger partial charge in [-0.3, -0.25) is 4.99 Å². The molecule has 11 heteroatoms. The van der Waals surface area contributed by atoms with Crippen molar-refractivity contribution in [1.82, 2.24) is 20.5 Å². The molecule has 6 nitrogen and oxygen atoms in total. The zero-order chi connectivity index (χ0) is 19.0. The Balaban J connectivity index is 0.00000364. The molecule has 1 aliphatic rings. The Labute approximate surface area is 179 Å². The number of rotatable bonds is 7. The molecule has 0 saturated carbocycles. The van der Waals surface area contributed by atoms with Crippen molar-refractivity contribution < 1.29 is 17.9 Å². The molecule has 1 fully saturated rings.